The average Bonchev–Trinajstić information content (AvgIpc) is 2.33. The second-order valence-electron chi connectivity index (χ2n) is 3.85. The molecule has 0 saturated heterocycles. The van der Waals surface area contributed by atoms with Crippen LogP contribution in [0, 0.1) is 17.2 Å². The molecular weight excluding hydrogens is 238 g/mol. The highest BCUT2D eigenvalue weighted by atomic mass is 32.2. The molecule has 1 aromatic carbocycles. The Bertz CT molecular complexity index is 601. The van der Waals surface area contributed by atoms with Gasteiger partial charge in [-0.3, -0.25) is 0 Å². The van der Waals surface area contributed by atoms with E-state index < -0.39 is 10.0 Å². The number of para-hydroxylation sites is 1. The van der Waals surface area contributed by atoms with Gasteiger partial charge in [0.05, 0.1) is 17.7 Å². The summed E-state index contributed by atoms with van der Waals surface area (Å²) in [6.45, 7) is 2.20. The van der Waals surface area contributed by atoms with Crippen LogP contribution in [0.4, 0.5) is 5.69 Å². The van der Waals surface area contributed by atoms with Gasteiger partial charge in [-0.1, -0.05) is 12.1 Å². The van der Waals surface area contributed by atoms with Gasteiger partial charge >= 0.3 is 0 Å². The predicted molar refractivity (Wildman–Crippen MR) is 64.2 cm³/mol. The number of nitriles is 1. The minimum Gasteiger partial charge on any atom is -0.329 e. The van der Waals surface area contributed by atoms with E-state index in [1.54, 1.807) is 30.0 Å². The Kier molecular flexibility index (Phi) is 2.86. The molecule has 0 aromatic heterocycles. The molecule has 6 heteroatoms. The molecule has 1 heterocycles. The van der Waals surface area contributed by atoms with Crippen molar-refractivity contribution in [2.75, 3.05) is 11.4 Å². The molecule has 1 aliphatic rings. The fraction of sp³-hybridized carbons (Fsp3) is 0.273. The lowest BCUT2D eigenvalue weighted by molar-refractivity contribution is 0.596. The molecular formula is C11H11N3O2S. The maximum absolute atomic E-state index is 11.7. The van der Waals surface area contributed by atoms with Crippen LogP contribution in [0.3, 0.4) is 0 Å². The summed E-state index contributed by atoms with van der Waals surface area (Å²) in [6, 6.07) is 8.76. The quantitative estimate of drug-likeness (QED) is 0.793. The van der Waals surface area contributed by atoms with Crippen LogP contribution >= 0.6 is 0 Å². The van der Waals surface area contributed by atoms with Crippen molar-refractivity contribution >= 4 is 22.0 Å². The number of hydrogen-bond acceptors (Lipinski definition) is 4. The second kappa shape index (κ2) is 4.18. The van der Waals surface area contributed by atoms with Crippen molar-refractivity contribution < 1.29 is 8.42 Å². The van der Waals surface area contributed by atoms with Crippen molar-refractivity contribution in [1.29, 1.82) is 5.26 Å². The Hall–Kier alpha value is -1.87. The van der Waals surface area contributed by atoms with E-state index in [0.29, 0.717) is 12.2 Å². The molecule has 88 valence electrons. The highest BCUT2D eigenvalue weighted by Gasteiger charge is 2.25. The van der Waals surface area contributed by atoms with Crippen LogP contribution in [-0.2, 0) is 10.0 Å². The van der Waals surface area contributed by atoms with Gasteiger partial charge in [0.15, 0.2) is 0 Å². The molecule has 5 nitrogen and oxygen atoms in total. The molecule has 0 saturated carbocycles. The zero-order chi connectivity index (χ0) is 12.5. The second-order valence-corrected chi connectivity index (χ2v) is 5.45. The fourth-order valence-electron chi connectivity index (χ4n) is 1.63. The number of hydrogen-bond donors (Lipinski definition) is 0. The van der Waals surface area contributed by atoms with Crippen molar-refractivity contribution in [2.24, 2.45) is 10.3 Å². The van der Waals surface area contributed by atoms with Gasteiger partial charge in [-0.15, -0.1) is 4.40 Å². The first-order valence-electron chi connectivity index (χ1n) is 5.10. The Balaban J connectivity index is 2.45. The smallest absolute Gasteiger partial charge is 0.285 e. The molecule has 1 aliphatic heterocycles. The first kappa shape index (κ1) is 11.6. The number of nitrogens with zero attached hydrogens (tertiary/aromatic N) is 3. The standard InChI is InChI=1S/C11H11N3O2S/c1-9(6-12)7-14-8-13-17(15,16)11-5-3-2-4-10(11)14/h2-5,8-9H,7H2,1H3. The number of fused-ring (bicyclic) bond motifs is 1. The average molecular weight is 249 g/mol. The largest absolute Gasteiger partial charge is 0.329 e. The lowest BCUT2D eigenvalue weighted by Crippen LogP contribution is -2.30. The van der Waals surface area contributed by atoms with E-state index in [1.807, 2.05) is 0 Å². The third-order valence-electron chi connectivity index (χ3n) is 2.47. The maximum Gasteiger partial charge on any atom is 0.285 e. The molecule has 0 N–H and O–H groups in total. The Morgan fingerprint density at radius 2 is 2.18 bits per heavy atom. The summed E-state index contributed by atoms with van der Waals surface area (Å²) in [5.74, 6) is -0.199. The lowest BCUT2D eigenvalue weighted by Gasteiger charge is -2.25. The molecule has 1 unspecified atom stereocenters. The van der Waals surface area contributed by atoms with Gasteiger partial charge in [0.2, 0.25) is 0 Å². The van der Waals surface area contributed by atoms with Crippen LogP contribution in [-0.4, -0.2) is 21.3 Å². The maximum atomic E-state index is 11.7. The fourth-order valence-corrected chi connectivity index (χ4v) is 2.68. The van der Waals surface area contributed by atoms with Crippen molar-refractivity contribution in [3.8, 4) is 6.07 Å². The van der Waals surface area contributed by atoms with Crippen LogP contribution in [0.15, 0.2) is 33.6 Å². The van der Waals surface area contributed by atoms with Crippen LogP contribution in [0.5, 0.6) is 0 Å². The van der Waals surface area contributed by atoms with E-state index >= 15 is 0 Å². The van der Waals surface area contributed by atoms with Gasteiger partial charge in [0, 0.05) is 6.54 Å². The zero-order valence-corrected chi connectivity index (χ0v) is 10.1. The van der Waals surface area contributed by atoms with Crippen LogP contribution in [0.2, 0.25) is 0 Å². The number of benzene rings is 1. The van der Waals surface area contributed by atoms with E-state index in [1.165, 1.54) is 12.4 Å². The predicted octanol–water partition coefficient (Wildman–Crippen LogP) is 1.38. The molecule has 0 amide bonds. The summed E-state index contributed by atoms with van der Waals surface area (Å²) in [5.41, 5.74) is 0.574. The molecule has 0 bridgehead atoms. The highest BCUT2D eigenvalue weighted by molar-refractivity contribution is 7.90. The normalized spacial score (nSPS) is 18.2. The molecule has 0 aliphatic carbocycles. The summed E-state index contributed by atoms with van der Waals surface area (Å²) in [7, 11) is -3.57. The summed E-state index contributed by atoms with van der Waals surface area (Å²) < 4.78 is 26.9. The highest BCUT2D eigenvalue weighted by Crippen LogP contribution is 2.29. The summed E-state index contributed by atoms with van der Waals surface area (Å²) in [5, 5.41) is 8.78. The summed E-state index contributed by atoms with van der Waals surface area (Å²) >= 11 is 0. The van der Waals surface area contributed by atoms with Gasteiger partial charge in [-0.05, 0) is 19.1 Å². The lowest BCUT2D eigenvalue weighted by atomic mass is 10.2. The monoisotopic (exact) mass is 249 g/mol. The Labute approximate surface area is 100 Å². The third kappa shape index (κ3) is 2.15. The minimum atomic E-state index is -3.57. The van der Waals surface area contributed by atoms with E-state index in [9.17, 15) is 8.42 Å². The molecule has 0 radical (unpaired) electrons. The number of rotatable bonds is 2. The SMILES string of the molecule is CC(C#N)CN1C=NS(=O)(=O)c2ccccc21. The first-order chi connectivity index (χ1) is 8.04. The van der Waals surface area contributed by atoms with Gasteiger partial charge in [0.25, 0.3) is 10.0 Å². The van der Waals surface area contributed by atoms with Gasteiger partial charge in [0.1, 0.15) is 11.2 Å². The van der Waals surface area contributed by atoms with E-state index in [4.69, 9.17) is 5.26 Å². The van der Waals surface area contributed by atoms with Crippen molar-refractivity contribution in [3.05, 3.63) is 24.3 Å². The zero-order valence-electron chi connectivity index (χ0n) is 9.24. The minimum absolute atomic E-state index is 0.188. The van der Waals surface area contributed by atoms with Gasteiger partial charge < -0.3 is 4.90 Å². The molecule has 0 fully saturated rings. The van der Waals surface area contributed by atoms with E-state index in [2.05, 4.69) is 10.5 Å². The molecule has 1 aromatic rings. The van der Waals surface area contributed by atoms with E-state index in [-0.39, 0.29) is 10.8 Å². The summed E-state index contributed by atoms with van der Waals surface area (Å²) in [6.07, 6.45) is 1.27. The molecule has 0 spiro atoms. The van der Waals surface area contributed by atoms with Crippen LogP contribution in [0.25, 0.3) is 0 Å². The third-order valence-corrected chi connectivity index (χ3v) is 3.74. The molecule has 1 atom stereocenters. The topological polar surface area (TPSA) is 73.5 Å². The van der Waals surface area contributed by atoms with Gasteiger partial charge in [-0.25, -0.2) is 0 Å². The number of anilines is 1. The van der Waals surface area contributed by atoms with Crippen LogP contribution < -0.4 is 4.90 Å². The molecule has 2 rings (SSSR count). The van der Waals surface area contributed by atoms with Gasteiger partial charge in [-0.2, -0.15) is 13.7 Å². The van der Waals surface area contributed by atoms with Crippen molar-refractivity contribution in [3.63, 3.8) is 0 Å². The van der Waals surface area contributed by atoms with E-state index in [0.717, 1.165) is 0 Å². The van der Waals surface area contributed by atoms with Crippen molar-refractivity contribution in [2.45, 2.75) is 11.8 Å². The van der Waals surface area contributed by atoms with Crippen LogP contribution in [0.1, 0.15) is 6.92 Å². The number of sulfonamides is 1. The summed E-state index contributed by atoms with van der Waals surface area (Å²) in [4.78, 5) is 1.87. The first-order valence-corrected chi connectivity index (χ1v) is 6.54. The van der Waals surface area contributed by atoms with Crippen molar-refractivity contribution in [1.82, 2.24) is 0 Å². The molecule has 17 heavy (non-hydrogen) atoms. The Morgan fingerprint density at radius 3 is 2.88 bits per heavy atom. The Morgan fingerprint density at radius 1 is 1.47 bits per heavy atom.